The van der Waals surface area contributed by atoms with E-state index in [1.165, 1.54) is 44.9 Å². The number of quaternary nitrogens is 1. The third-order valence-corrected chi connectivity index (χ3v) is 3.04. The van der Waals surface area contributed by atoms with Gasteiger partial charge in [-0.3, -0.25) is 0 Å². The molecule has 0 aromatic rings. The third-order valence-electron chi connectivity index (χ3n) is 3.04. The molecule has 0 bridgehead atoms. The number of unbranched alkanes of at least 4 members (excludes halogenated alkanes) is 6. The Hall–Kier alpha value is 0.170. The van der Waals surface area contributed by atoms with E-state index in [4.69, 9.17) is 9.84 Å². The SMILES string of the molecule is CCCCCCCCCOC[N+](C)(C)CCO.[Cl-]. The van der Waals surface area contributed by atoms with E-state index in [2.05, 4.69) is 21.0 Å². The van der Waals surface area contributed by atoms with Crippen LogP contribution in [0.15, 0.2) is 0 Å². The van der Waals surface area contributed by atoms with Crippen LogP contribution in [-0.4, -0.2) is 50.2 Å². The maximum absolute atomic E-state index is 8.87. The minimum Gasteiger partial charge on any atom is -1.00 e. The highest BCUT2D eigenvalue weighted by Crippen LogP contribution is 2.07. The molecule has 112 valence electrons. The molecule has 3 nitrogen and oxygen atoms in total. The highest BCUT2D eigenvalue weighted by atomic mass is 35.5. The Kier molecular flexibility index (Phi) is 15.5. The fraction of sp³-hybridized carbons (Fsp3) is 1.00. The van der Waals surface area contributed by atoms with Crippen molar-refractivity contribution >= 4 is 0 Å². The van der Waals surface area contributed by atoms with Crippen molar-refractivity contribution < 1.29 is 26.7 Å². The van der Waals surface area contributed by atoms with Gasteiger partial charge in [-0.15, -0.1) is 0 Å². The number of hydrogen-bond donors (Lipinski definition) is 1. The summed E-state index contributed by atoms with van der Waals surface area (Å²) in [4.78, 5) is 0. The summed E-state index contributed by atoms with van der Waals surface area (Å²) in [7, 11) is 4.17. The van der Waals surface area contributed by atoms with Gasteiger partial charge in [0.2, 0.25) is 0 Å². The molecule has 0 aliphatic heterocycles. The Balaban J connectivity index is 0. The van der Waals surface area contributed by atoms with Crippen LogP contribution < -0.4 is 12.4 Å². The van der Waals surface area contributed by atoms with Crippen LogP contribution in [-0.2, 0) is 4.74 Å². The molecule has 0 aromatic carbocycles. The van der Waals surface area contributed by atoms with Crippen LogP contribution in [0.5, 0.6) is 0 Å². The summed E-state index contributed by atoms with van der Waals surface area (Å²) in [5, 5.41) is 8.87. The molecule has 0 aromatic heterocycles. The summed E-state index contributed by atoms with van der Waals surface area (Å²) in [6.45, 7) is 4.81. The van der Waals surface area contributed by atoms with Gasteiger partial charge in [0.25, 0.3) is 0 Å². The zero-order chi connectivity index (χ0) is 13.0. The normalized spacial score (nSPS) is 11.3. The van der Waals surface area contributed by atoms with Crippen LogP contribution >= 0.6 is 0 Å². The smallest absolute Gasteiger partial charge is 0.182 e. The average Bonchev–Trinajstić information content (AvgIpc) is 2.27. The monoisotopic (exact) mass is 281 g/mol. The Morgan fingerprint density at radius 2 is 1.50 bits per heavy atom. The van der Waals surface area contributed by atoms with Crippen LogP contribution in [0.2, 0.25) is 0 Å². The summed E-state index contributed by atoms with van der Waals surface area (Å²) in [6.07, 6.45) is 9.27. The van der Waals surface area contributed by atoms with Crippen LogP contribution in [0.4, 0.5) is 0 Å². The fourth-order valence-electron chi connectivity index (χ4n) is 1.81. The zero-order valence-electron chi connectivity index (χ0n) is 12.5. The largest absolute Gasteiger partial charge is 1.00 e. The molecule has 0 aliphatic rings. The summed E-state index contributed by atoms with van der Waals surface area (Å²) in [5.41, 5.74) is 0. The lowest BCUT2D eigenvalue weighted by atomic mass is 10.1. The van der Waals surface area contributed by atoms with Gasteiger partial charge in [0.1, 0.15) is 6.54 Å². The maximum atomic E-state index is 8.87. The molecule has 0 heterocycles. The fourth-order valence-corrected chi connectivity index (χ4v) is 1.81. The number of aliphatic hydroxyl groups excluding tert-OH is 1. The Morgan fingerprint density at radius 3 is 2.06 bits per heavy atom. The average molecular weight is 282 g/mol. The number of nitrogens with zero attached hydrogens (tertiary/aromatic N) is 1. The van der Waals surface area contributed by atoms with Gasteiger partial charge < -0.3 is 26.7 Å². The van der Waals surface area contributed by atoms with E-state index in [0.29, 0.717) is 6.73 Å². The molecule has 0 spiro atoms. The van der Waals surface area contributed by atoms with Gasteiger partial charge in [-0.2, -0.15) is 0 Å². The number of aliphatic hydroxyl groups is 1. The molecular formula is C14H32ClNO2. The second kappa shape index (κ2) is 13.6. The first-order chi connectivity index (χ1) is 8.12. The molecule has 0 rings (SSSR count). The van der Waals surface area contributed by atoms with Gasteiger partial charge in [-0.25, -0.2) is 0 Å². The van der Waals surface area contributed by atoms with E-state index >= 15 is 0 Å². The van der Waals surface area contributed by atoms with E-state index < -0.39 is 0 Å². The van der Waals surface area contributed by atoms with Gasteiger partial charge in [0, 0.05) is 0 Å². The van der Waals surface area contributed by atoms with Crippen LogP contribution in [0.25, 0.3) is 0 Å². The summed E-state index contributed by atoms with van der Waals surface area (Å²) < 4.78 is 6.38. The van der Waals surface area contributed by atoms with E-state index in [1.54, 1.807) is 0 Å². The van der Waals surface area contributed by atoms with E-state index in [-0.39, 0.29) is 19.0 Å². The molecule has 0 unspecified atom stereocenters. The molecule has 0 saturated carbocycles. The van der Waals surface area contributed by atoms with Crippen molar-refractivity contribution in [3.63, 3.8) is 0 Å². The highest BCUT2D eigenvalue weighted by molar-refractivity contribution is 4.44. The standard InChI is InChI=1S/C14H32NO2.ClH/c1-4-5-6-7-8-9-10-13-17-14-15(2,3)11-12-16;/h16H,4-14H2,1-3H3;1H/q+1;/p-1. The zero-order valence-corrected chi connectivity index (χ0v) is 13.2. The Labute approximate surface area is 120 Å². The van der Waals surface area contributed by atoms with Crippen molar-refractivity contribution in [2.75, 3.05) is 40.6 Å². The third kappa shape index (κ3) is 14.2. The van der Waals surface area contributed by atoms with Gasteiger partial charge in [0.05, 0.1) is 27.3 Å². The maximum Gasteiger partial charge on any atom is 0.182 e. The predicted molar refractivity (Wildman–Crippen MR) is 72.9 cm³/mol. The van der Waals surface area contributed by atoms with Crippen LogP contribution in [0.3, 0.4) is 0 Å². The van der Waals surface area contributed by atoms with Gasteiger partial charge in [-0.05, 0) is 6.42 Å². The number of likely N-dealkylation sites (N-methyl/N-ethyl adjacent to an activating group) is 1. The van der Waals surface area contributed by atoms with E-state index in [1.807, 2.05) is 0 Å². The number of hydrogen-bond acceptors (Lipinski definition) is 2. The van der Waals surface area contributed by atoms with Crippen molar-refractivity contribution in [2.24, 2.45) is 0 Å². The number of ether oxygens (including phenoxy) is 1. The number of rotatable bonds is 12. The molecule has 0 fully saturated rings. The van der Waals surface area contributed by atoms with Gasteiger partial charge in [-0.1, -0.05) is 45.4 Å². The topological polar surface area (TPSA) is 29.5 Å². The molecule has 0 amide bonds. The summed E-state index contributed by atoms with van der Waals surface area (Å²) in [5.74, 6) is 0. The second-order valence-corrected chi connectivity index (χ2v) is 5.54. The van der Waals surface area contributed by atoms with Crippen molar-refractivity contribution in [2.45, 2.75) is 51.9 Å². The van der Waals surface area contributed by atoms with Crippen LogP contribution in [0.1, 0.15) is 51.9 Å². The lowest BCUT2D eigenvalue weighted by Gasteiger charge is -2.28. The molecule has 1 N–H and O–H groups in total. The molecule has 0 saturated heterocycles. The predicted octanol–water partition coefficient (Wildman–Crippen LogP) is -0.216. The quantitative estimate of drug-likeness (QED) is 0.305. The van der Waals surface area contributed by atoms with Crippen molar-refractivity contribution in [3.8, 4) is 0 Å². The second-order valence-electron chi connectivity index (χ2n) is 5.54. The molecule has 0 atom stereocenters. The first-order valence-electron chi connectivity index (χ1n) is 7.13. The van der Waals surface area contributed by atoms with Crippen LogP contribution in [0, 0.1) is 0 Å². The van der Waals surface area contributed by atoms with Crippen molar-refractivity contribution in [1.29, 1.82) is 0 Å². The number of halogens is 1. The lowest BCUT2D eigenvalue weighted by Crippen LogP contribution is -3.00. The van der Waals surface area contributed by atoms with E-state index in [9.17, 15) is 0 Å². The summed E-state index contributed by atoms with van der Waals surface area (Å²) in [6, 6.07) is 0. The summed E-state index contributed by atoms with van der Waals surface area (Å²) >= 11 is 0. The Morgan fingerprint density at radius 1 is 0.944 bits per heavy atom. The van der Waals surface area contributed by atoms with Gasteiger partial charge >= 0.3 is 0 Å². The highest BCUT2D eigenvalue weighted by Gasteiger charge is 2.13. The van der Waals surface area contributed by atoms with Crippen molar-refractivity contribution in [1.82, 2.24) is 0 Å². The molecule has 18 heavy (non-hydrogen) atoms. The molecular weight excluding hydrogens is 250 g/mol. The molecule has 4 heteroatoms. The van der Waals surface area contributed by atoms with Gasteiger partial charge in [0.15, 0.2) is 6.73 Å². The van der Waals surface area contributed by atoms with E-state index in [0.717, 1.165) is 17.6 Å². The molecule has 0 aliphatic carbocycles. The van der Waals surface area contributed by atoms with Crippen molar-refractivity contribution in [3.05, 3.63) is 0 Å². The minimum atomic E-state index is 0. The first kappa shape index (κ1) is 20.5. The first-order valence-corrected chi connectivity index (χ1v) is 7.13. The minimum absolute atomic E-state index is 0. The molecule has 0 radical (unpaired) electrons. The Bertz CT molecular complexity index is 166. The lowest BCUT2D eigenvalue weighted by molar-refractivity contribution is -0.910.